The van der Waals surface area contributed by atoms with E-state index in [0.29, 0.717) is 13.0 Å². The lowest BCUT2D eigenvalue weighted by Gasteiger charge is -2.09. The normalized spacial score (nSPS) is 10.1. The van der Waals surface area contributed by atoms with Crippen LogP contribution in [0.15, 0.2) is 16.6 Å². The molecule has 0 spiro atoms. The molecule has 3 N–H and O–H groups in total. The van der Waals surface area contributed by atoms with Gasteiger partial charge in [-0.25, -0.2) is 0 Å². The van der Waals surface area contributed by atoms with Crippen molar-refractivity contribution in [1.82, 2.24) is 0 Å². The Morgan fingerprint density at radius 2 is 1.93 bits per heavy atom. The molecule has 0 saturated carbocycles. The lowest BCUT2D eigenvalue weighted by molar-refractivity contribution is -0.117. The molecule has 0 aliphatic heterocycles. The Morgan fingerprint density at radius 3 is 2.40 bits per heavy atom. The van der Waals surface area contributed by atoms with E-state index in [1.54, 1.807) is 0 Å². The molecule has 0 saturated heterocycles. The average molecular weight is 271 g/mol. The van der Waals surface area contributed by atoms with Crippen LogP contribution in [-0.2, 0) is 4.79 Å². The Kier molecular flexibility index (Phi) is 4.15. The molecule has 1 amide bonds. The Bertz CT molecular complexity index is 354. The first-order valence-corrected chi connectivity index (χ1v) is 5.59. The third-order valence-electron chi connectivity index (χ3n) is 2.14. The van der Waals surface area contributed by atoms with E-state index in [1.807, 2.05) is 26.0 Å². The second kappa shape index (κ2) is 5.16. The van der Waals surface area contributed by atoms with Crippen LogP contribution >= 0.6 is 15.9 Å². The first-order valence-electron chi connectivity index (χ1n) is 4.79. The molecule has 1 aromatic carbocycles. The average Bonchev–Trinajstić information content (AvgIpc) is 2.13. The molecule has 0 radical (unpaired) electrons. The monoisotopic (exact) mass is 270 g/mol. The first kappa shape index (κ1) is 12.0. The van der Waals surface area contributed by atoms with Crippen molar-refractivity contribution < 1.29 is 4.79 Å². The summed E-state index contributed by atoms with van der Waals surface area (Å²) in [6.07, 6.45) is 0.355. The highest BCUT2D eigenvalue weighted by Crippen LogP contribution is 2.24. The van der Waals surface area contributed by atoms with E-state index in [0.717, 1.165) is 10.2 Å². The van der Waals surface area contributed by atoms with Gasteiger partial charge in [-0.05, 0) is 37.1 Å². The molecule has 0 bridgehead atoms. The molecule has 1 aromatic rings. The summed E-state index contributed by atoms with van der Waals surface area (Å²) in [6, 6.07) is 4.08. The number of primary amides is 1. The molecular weight excluding hydrogens is 256 g/mol. The summed E-state index contributed by atoms with van der Waals surface area (Å²) in [5, 5.41) is 3.16. The fourth-order valence-corrected chi connectivity index (χ4v) is 1.61. The van der Waals surface area contributed by atoms with Crippen LogP contribution in [0.4, 0.5) is 5.69 Å². The Balaban J connectivity index is 2.66. The second-order valence-corrected chi connectivity index (χ2v) is 4.36. The van der Waals surface area contributed by atoms with Gasteiger partial charge >= 0.3 is 0 Å². The van der Waals surface area contributed by atoms with Crippen molar-refractivity contribution in [2.24, 2.45) is 5.73 Å². The Labute approximate surface area is 98.2 Å². The lowest BCUT2D eigenvalue weighted by Crippen LogP contribution is -2.15. The van der Waals surface area contributed by atoms with Crippen LogP contribution < -0.4 is 11.1 Å². The SMILES string of the molecule is Cc1cc(NCCC(N)=O)cc(C)c1Br. The fourth-order valence-electron chi connectivity index (χ4n) is 1.38. The maximum atomic E-state index is 10.6. The number of rotatable bonds is 4. The molecule has 0 fully saturated rings. The van der Waals surface area contributed by atoms with Gasteiger partial charge in [-0.2, -0.15) is 0 Å². The maximum absolute atomic E-state index is 10.6. The predicted molar refractivity (Wildman–Crippen MR) is 65.9 cm³/mol. The zero-order chi connectivity index (χ0) is 11.4. The summed E-state index contributed by atoms with van der Waals surface area (Å²) >= 11 is 3.50. The summed E-state index contributed by atoms with van der Waals surface area (Å²) in [4.78, 5) is 10.6. The molecule has 0 aromatic heterocycles. The zero-order valence-electron chi connectivity index (χ0n) is 8.93. The van der Waals surface area contributed by atoms with E-state index in [9.17, 15) is 4.79 Å². The molecular formula is C11H15BrN2O. The number of hydrogen-bond donors (Lipinski definition) is 2. The second-order valence-electron chi connectivity index (χ2n) is 3.57. The van der Waals surface area contributed by atoms with Crippen LogP contribution in [0.3, 0.4) is 0 Å². The van der Waals surface area contributed by atoms with Crippen molar-refractivity contribution in [2.75, 3.05) is 11.9 Å². The van der Waals surface area contributed by atoms with Crippen LogP contribution in [0.1, 0.15) is 17.5 Å². The fraction of sp³-hybridized carbons (Fsp3) is 0.364. The van der Waals surface area contributed by atoms with Gasteiger partial charge < -0.3 is 11.1 Å². The Hall–Kier alpha value is -1.03. The van der Waals surface area contributed by atoms with Crippen molar-refractivity contribution in [3.05, 3.63) is 27.7 Å². The van der Waals surface area contributed by atoms with Gasteiger partial charge in [0.15, 0.2) is 0 Å². The number of halogens is 1. The minimum absolute atomic E-state index is 0.284. The van der Waals surface area contributed by atoms with Crippen LogP contribution in [0.5, 0.6) is 0 Å². The number of carbonyl (C=O) groups is 1. The van der Waals surface area contributed by atoms with Crippen LogP contribution in [0, 0.1) is 13.8 Å². The topological polar surface area (TPSA) is 55.1 Å². The standard InChI is InChI=1S/C11H15BrN2O/c1-7-5-9(6-8(2)11(7)12)14-4-3-10(13)15/h5-6,14H,3-4H2,1-2H3,(H2,13,15). The summed E-state index contributed by atoms with van der Waals surface area (Å²) in [5.41, 5.74) is 8.43. The third-order valence-corrected chi connectivity index (χ3v) is 3.39. The van der Waals surface area contributed by atoms with Crippen molar-refractivity contribution in [3.8, 4) is 0 Å². The largest absolute Gasteiger partial charge is 0.385 e. The highest BCUT2D eigenvalue weighted by atomic mass is 79.9. The molecule has 0 atom stereocenters. The molecule has 0 aliphatic carbocycles. The number of anilines is 1. The van der Waals surface area contributed by atoms with E-state index >= 15 is 0 Å². The molecule has 0 heterocycles. The summed E-state index contributed by atoms with van der Waals surface area (Å²) in [6.45, 7) is 4.66. The summed E-state index contributed by atoms with van der Waals surface area (Å²) < 4.78 is 1.13. The summed E-state index contributed by atoms with van der Waals surface area (Å²) in [7, 11) is 0. The van der Waals surface area contributed by atoms with Gasteiger partial charge in [0.2, 0.25) is 5.91 Å². The van der Waals surface area contributed by atoms with E-state index < -0.39 is 0 Å². The van der Waals surface area contributed by atoms with Gasteiger partial charge in [-0.15, -0.1) is 0 Å². The van der Waals surface area contributed by atoms with Crippen molar-refractivity contribution in [2.45, 2.75) is 20.3 Å². The van der Waals surface area contributed by atoms with E-state index in [-0.39, 0.29) is 5.91 Å². The first-order chi connectivity index (χ1) is 7.00. The van der Waals surface area contributed by atoms with Crippen molar-refractivity contribution >= 4 is 27.5 Å². The van der Waals surface area contributed by atoms with E-state index in [2.05, 4.69) is 21.2 Å². The number of amides is 1. The highest BCUT2D eigenvalue weighted by molar-refractivity contribution is 9.10. The van der Waals surface area contributed by atoms with Gasteiger partial charge in [0.1, 0.15) is 0 Å². The van der Waals surface area contributed by atoms with Crippen LogP contribution in [0.25, 0.3) is 0 Å². The van der Waals surface area contributed by atoms with Crippen LogP contribution in [0.2, 0.25) is 0 Å². The van der Waals surface area contributed by atoms with Gasteiger partial charge in [-0.3, -0.25) is 4.79 Å². The number of aryl methyl sites for hydroxylation is 2. The molecule has 1 rings (SSSR count). The lowest BCUT2D eigenvalue weighted by atomic mass is 10.1. The van der Waals surface area contributed by atoms with Gasteiger partial charge in [0.25, 0.3) is 0 Å². The zero-order valence-corrected chi connectivity index (χ0v) is 10.5. The number of hydrogen-bond acceptors (Lipinski definition) is 2. The van der Waals surface area contributed by atoms with Crippen LogP contribution in [-0.4, -0.2) is 12.5 Å². The predicted octanol–water partition coefficient (Wildman–Crippen LogP) is 2.35. The third kappa shape index (κ3) is 3.55. The Morgan fingerprint density at radius 1 is 1.40 bits per heavy atom. The molecule has 15 heavy (non-hydrogen) atoms. The molecule has 0 aliphatic rings. The minimum atomic E-state index is -0.284. The number of nitrogens with two attached hydrogens (primary N) is 1. The maximum Gasteiger partial charge on any atom is 0.219 e. The van der Waals surface area contributed by atoms with Crippen molar-refractivity contribution in [3.63, 3.8) is 0 Å². The quantitative estimate of drug-likeness (QED) is 0.883. The van der Waals surface area contributed by atoms with Gasteiger partial charge in [0, 0.05) is 23.1 Å². The molecule has 82 valence electrons. The van der Waals surface area contributed by atoms with E-state index in [1.165, 1.54) is 11.1 Å². The molecule has 0 unspecified atom stereocenters. The number of nitrogens with one attached hydrogen (secondary N) is 1. The van der Waals surface area contributed by atoms with E-state index in [4.69, 9.17) is 5.73 Å². The van der Waals surface area contributed by atoms with Crippen molar-refractivity contribution in [1.29, 1.82) is 0 Å². The molecule has 4 heteroatoms. The van der Waals surface area contributed by atoms with Gasteiger partial charge in [-0.1, -0.05) is 15.9 Å². The van der Waals surface area contributed by atoms with Gasteiger partial charge in [0.05, 0.1) is 0 Å². The minimum Gasteiger partial charge on any atom is -0.385 e. The number of benzene rings is 1. The molecule has 3 nitrogen and oxygen atoms in total. The summed E-state index contributed by atoms with van der Waals surface area (Å²) in [5.74, 6) is -0.284. The smallest absolute Gasteiger partial charge is 0.219 e. The number of carbonyl (C=O) groups excluding carboxylic acids is 1. The highest BCUT2D eigenvalue weighted by Gasteiger charge is 2.02.